The molecule has 2 rings (SSSR count). The van der Waals surface area contributed by atoms with Gasteiger partial charge in [0.25, 0.3) is 0 Å². The molecule has 2 aliphatic rings. The number of hydrogen-bond acceptors (Lipinski definition) is 2. The second-order valence-electron chi connectivity index (χ2n) is 4.73. The van der Waals surface area contributed by atoms with E-state index in [0.29, 0.717) is 5.78 Å². The van der Waals surface area contributed by atoms with Crippen LogP contribution in [0.25, 0.3) is 0 Å². The van der Waals surface area contributed by atoms with Crippen LogP contribution in [0.1, 0.15) is 33.1 Å². The quantitative estimate of drug-likeness (QED) is 0.613. The van der Waals surface area contributed by atoms with Crippen molar-refractivity contribution in [2.45, 2.75) is 39.2 Å². The van der Waals surface area contributed by atoms with Crippen molar-refractivity contribution in [2.75, 3.05) is 13.1 Å². The van der Waals surface area contributed by atoms with Crippen molar-refractivity contribution in [3.8, 4) is 0 Å². The molecular weight excluding hydrogens is 162 g/mol. The van der Waals surface area contributed by atoms with Crippen molar-refractivity contribution < 1.29 is 4.79 Å². The Balaban J connectivity index is 1.91. The van der Waals surface area contributed by atoms with Crippen LogP contribution in [0.4, 0.5) is 0 Å². The lowest BCUT2D eigenvalue weighted by atomic mass is 9.78. The summed E-state index contributed by atoms with van der Waals surface area (Å²) in [5.74, 6) is 1.60. The molecule has 1 saturated heterocycles. The van der Waals surface area contributed by atoms with Crippen LogP contribution in [-0.4, -0.2) is 29.8 Å². The first kappa shape index (κ1) is 9.20. The third-order valence-corrected chi connectivity index (χ3v) is 3.75. The van der Waals surface area contributed by atoms with Crippen LogP contribution in [0.3, 0.4) is 0 Å². The lowest BCUT2D eigenvalue weighted by molar-refractivity contribution is -0.127. The van der Waals surface area contributed by atoms with Gasteiger partial charge in [-0.05, 0) is 18.8 Å². The number of piperidine rings is 1. The predicted octanol–water partition coefficient (Wildman–Crippen LogP) is 1.70. The number of Topliss-reactive ketones (excluding diaryl/α,β-unsaturated/α-hetero) is 1. The molecule has 0 aromatic rings. The standard InChI is InChI=1S/C11H19NO/c1-8-3-4-10(8)12-6-5-11(13)9(2)7-12/h8-10H,3-7H2,1-2H3. The average Bonchev–Trinajstić information content (AvgIpc) is 2.09. The molecule has 0 aromatic heterocycles. The van der Waals surface area contributed by atoms with E-state index in [4.69, 9.17) is 0 Å². The normalized spacial score (nSPS) is 41.7. The van der Waals surface area contributed by atoms with E-state index < -0.39 is 0 Å². The van der Waals surface area contributed by atoms with Crippen LogP contribution >= 0.6 is 0 Å². The second-order valence-corrected chi connectivity index (χ2v) is 4.73. The molecule has 1 aliphatic heterocycles. The van der Waals surface area contributed by atoms with Gasteiger partial charge in [0.15, 0.2) is 0 Å². The fourth-order valence-electron chi connectivity index (χ4n) is 2.54. The monoisotopic (exact) mass is 181 g/mol. The van der Waals surface area contributed by atoms with Crippen molar-refractivity contribution >= 4 is 5.78 Å². The molecule has 3 unspecified atom stereocenters. The minimum absolute atomic E-state index is 0.279. The van der Waals surface area contributed by atoms with Crippen LogP contribution in [0.5, 0.6) is 0 Å². The number of ketones is 1. The van der Waals surface area contributed by atoms with Gasteiger partial charge in [-0.2, -0.15) is 0 Å². The molecular formula is C11H19NO. The van der Waals surface area contributed by atoms with Gasteiger partial charge in [-0.25, -0.2) is 0 Å². The number of likely N-dealkylation sites (tertiary alicyclic amines) is 1. The number of hydrogen-bond donors (Lipinski definition) is 0. The predicted molar refractivity (Wildman–Crippen MR) is 52.5 cm³/mol. The van der Waals surface area contributed by atoms with Gasteiger partial charge >= 0.3 is 0 Å². The van der Waals surface area contributed by atoms with Gasteiger partial charge in [0, 0.05) is 31.5 Å². The zero-order valence-corrected chi connectivity index (χ0v) is 8.62. The van der Waals surface area contributed by atoms with E-state index in [9.17, 15) is 4.79 Å². The largest absolute Gasteiger partial charge is 0.299 e. The van der Waals surface area contributed by atoms with Gasteiger partial charge < -0.3 is 0 Å². The summed E-state index contributed by atoms with van der Waals surface area (Å²) in [4.78, 5) is 13.9. The Morgan fingerprint density at radius 1 is 1.31 bits per heavy atom. The van der Waals surface area contributed by atoms with Gasteiger partial charge in [0.2, 0.25) is 0 Å². The molecule has 0 radical (unpaired) electrons. The van der Waals surface area contributed by atoms with E-state index in [1.807, 2.05) is 0 Å². The SMILES string of the molecule is CC1CN(C2CCC2C)CCC1=O. The van der Waals surface area contributed by atoms with Gasteiger partial charge in [0.05, 0.1) is 0 Å². The Labute approximate surface area is 80.3 Å². The summed E-state index contributed by atoms with van der Waals surface area (Å²) in [6.07, 6.45) is 3.51. The highest BCUT2D eigenvalue weighted by Crippen LogP contribution is 2.33. The highest BCUT2D eigenvalue weighted by Gasteiger charge is 2.35. The zero-order valence-electron chi connectivity index (χ0n) is 8.62. The van der Waals surface area contributed by atoms with Crippen LogP contribution in [0.15, 0.2) is 0 Å². The molecule has 1 aliphatic carbocycles. The minimum atomic E-state index is 0.279. The molecule has 0 aromatic carbocycles. The van der Waals surface area contributed by atoms with E-state index in [1.54, 1.807) is 0 Å². The number of carbonyl (C=O) groups is 1. The third-order valence-electron chi connectivity index (χ3n) is 3.75. The van der Waals surface area contributed by atoms with Crippen LogP contribution < -0.4 is 0 Å². The summed E-state index contributed by atoms with van der Waals surface area (Å²) >= 11 is 0. The van der Waals surface area contributed by atoms with E-state index in [2.05, 4.69) is 18.7 Å². The number of carbonyl (C=O) groups excluding carboxylic acids is 1. The molecule has 0 amide bonds. The second kappa shape index (κ2) is 3.41. The fraction of sp³-hybridized carbons (Fsp3) is 0.909. The van der Waals surface area contributed by atoms with Crippen molar-refractivity contribution in [3.63, 3.8) is 0 Å². The Kier molecular flexibility index (Phi) is 2.41. The lowest BCUT2D eigenvalue weighted by Crippen LogP contribution is -2.51. The maximum atomic E-state index is 11.3. The van der Waals surface area contributed by atoms with E-state index >= 15 is 0 Å². The van der Waals surface area contributed by atoms with Crippen LogP contribution in [0.2, 0.25) is 0 Å². The summed E-state index contributed by atoms with van der Waals surface area (Å²) in [7, 11) is 0. The molecule has 2 nitrogen and oxygen atoms in total. The van der Waals surface area contributed by atoms with E-state index in [1.165, 1.54) is 12.8 Å². The van der Waals surface area contributed by atoms with Gasteiger partial charge in [-0.1, -0.05) is 13.8 Å². The van der Waals surface area contributed by atoms with Crippen LogP contribution in [0, 0.1) is 11.8 Å². The van der Waals surface area contributed by atoms with Crippen molar-refractivity contribution in [3.05, 3.63) is 0 Å². The Morgan fingerprint density at radius 2 is 2.08 bits per heavy atom. The van der Waals surface area contributed by atoms with Gasteiger partial charge in [-0.3, -0.25) is 9.69 Å². The molecule has 0 spiro atoms. The van der Waals surface area contributed by atoms with Crippen molar-refractivity contribution in [1.29, 1.82) is 0 Å². The van der Waals surface area contributed by atoms with E-state index in [-0.39, 0.29) is 5.92 Å². The third kappa shape index (κ3) is 1.64. The van der Waals surface area contributed by atoms with Gasteiger partial charge in [-0.15, -0.1) is 0 Å². The molecule has 2 fully saturated rings. The lowest BCUT2D eigenvalue weighted by Gasteiger charge is -2.45. The summed E-state index contributed by atoms with van der Waals surface area (Å²) in [6, 6.07) is 0.788. The van der Waals surface area contributed by atoms with Crippen LogP contribution in [-0.2, 0) is 4.79 Å². The first-order valence-electron chi connectivity index (χ1n) is 5.45. The highest BCUT2D eigenvalue weighted by atomic mass is 16.1. The zero-order chi connectivity index (χ0) is 9.42. The van der Waals surface area contributed by atoms with Crippen molar-refractivity contribution in [2.24, 2.45) is 11.8 Å². The molecule has 0 N–H and O–H groups in total. The summed E-state index contributed by atoms with van der Waals surface area (Å²) < 4.78 is 0. The molecule has 1 saturated carbocycles. The molecule has 3 atom stereocenters. The number of rotatable bonds is 1. The Hall–Kier alpha value is -0.370. The molecule has 1 heterocycles. The van der Waals surface area contributed by atoms with Crippen molar-refractivity contribution in [1.82, 2.24) is 4.90 Å². The molecule has 2 heteroatoms. The molecule has 74 valence electrons. The summed E-state index contributed by atoms with van der Waals surface area (Å²) in [5, 5.41) is 0. The Morgan fingerprint density at radius 3 is 2.54 bits per heavy atom. The Bertz CT molecular complexity index is 214. The molecule has 13 heavy (non-hydrogen) atoms. The molecule has 0 bridgehead atoms. The maximum absolute atomic E-state index is 11.3. The summed E-state index contributed by atoms with van der Waals surface area (Å²) in [6.45, 7) is 6.42. The van der Waals surface area contributed by atoms with E-state index in [0.717, 1.165) is 31.5 Å². The average molecular weight is 181 g/mol. The fourth-order valence-corrected chi connectivity index (χ4v) is 2.54. The topological polar surface area (TPSA) is 20.3 Å². The maximum Gasteiger partial charge on any atom is 0.138 e. The first-order valence-corrected chi connectivity index (χ1v) is 5.45. The smallest absolute Gasteiger partial charge is 0.138 e. The summed E-state index contributed by atoms with van der Waals surface area (Å²) in [5.41, 5.74) is 0. The van der Waals surface area contributed by atoms with Gasteiger partial charge in [0.1, 0.15) is 5.78 Å². The first-order chi connectivity index (χ1) is 6.18. The highest BCUT2D eigenvalue weighted by molar-refractivity contribution is 5.81. The number of nitrogens with zero attached hydrogens (tertiary/aromatic N) is 1. The minimum Gasteiger partial charge on any atom is -0.299 e.